The van der Waals surface area contributed by atoms with Crippen molar-refractivity contribution >= 4 is 10.9 Å². The molecule has 2 unspecified atom stereocenters. The number of nitrogens with zero attached hydrogens (tertiary/aromatic N) is 7. The summed E-state index contributed by atoms with van der Waals surface area (Å²) in [5, 5.41) is 19.9. The SMILES string of the molecule is OCCc1cnn(-c2ccnc(-c3nn(C4CCCCO4)c4ccc(C5CCN(C6CCOC6)CC5)cc34)n2)c1. The van der Waals surface area contributed by atoms with Crippen molar-refractivity contribution < 1.29 is 14.6 Å². The van der Waals surface area contributed by atoms with Crippen LogP contribution in [0.4, 0.5) is 0 Å². The molecule has 40 heavy (non-hydrogen) atoms. The van der Waals surface area contributed by atoms with Crippen LogP contribution in [0, 0.1) is 0 Å². The normalized spacial score (nSPS) is 22.8. The molecule has 0 radical (unpaired) electrons. The first-order chi connectivity index (χ1) is 19.8. The van der Waals surface area contributed by atoms with Crippen LogP contribution in [0.5, 0.6) is 0 Å². The molecule has 2 atom stereocenters. The van der Waals surface area contributed by atoms with Crippen molar-refractivity contribution in [2.24, 2.45) is 0 Å². The predicted molar refractivity (Wildman–Crippen MR) is 150 cm³/mol. The second-order valence-electron chi connectivity index (χ2n) is 11.2. The number of likely N-dealkylation sites (tertiary alicyclic amines) is 1. The van der Waals surface area contributed by atoms with Crippen LogP contribution in [0.2, 0.25) is 0 Å². The monoisotopic (exact) mass is 543 g/mol. The van der Waals surface area contributed by atoms with Gasteiger partial charge in [-0.05, 0) is 87.2 Å². The number of ether oxygens (including phenoxy) is 2. The summed E-state index contributed by atoms with van der Waals surface area (Å²) in [6.45, 7) is 4.85. The molecule has 0 spiro atoms. The molecule has 7 rings (SSSR count). The Kier molecular flexibility index (Phi) is 7.32. The van der Waals surface area contributed by atoms with Gasteiger partial charge in [0, 0.05) is 49.7 Å². The summed E-state index contributed by atoms with van der Waals surface area (Å²) in [5.41, 5.74) is 4.15. The van der Waals surface area contributed by atoms with Crippen molar-refractivity contribution in [3.63, 3.8) is 0 Å². The van der Waals surface area contributed by atoms with Crippen molar-refractivity contribution in [2.45, 2.75) is 63.1 Å². The summed E-state index contributed by atoms with van der Waals surface area (Å²) >= 11 is 0. The molecule has 0 aliphatic carbocycles. The molecule has 0 amide bonds. The first-order valence-electron chi connectivity index (χ1n) is 14.7. The molecule has 3 saturated heterocycles. The second kappa shape index (κ2) is 11.4. The lowest BCUT2D eigenvalue weighted by Gasteiger charge is -2.35. The molecule has 1 aromatic carbocycles. The lowest BCUT2D eigenvalue weighted by atomic mass is 9.88. The van der Waals surface area contributed by atoms with Gasteiger partial charge in [-0.25, -0.2) is 19.3 Å². The zero-order valence-corrected chi connectivity index (χ0v) is 22.9. The van der Waals surface area contributed by atoms with Gasteiger partial charge in [0.25, 0.3) is 0 Å². The van der Waals surface area contributed by atoms with Crippen LogP contribution in [-0.4, -0.2) is 85.1 Å². The van der Waals surface area contributed by atoms with Gasteiger partial charge in [-0.2, -0.15) is 10.2 Å². The Morgan fingerprint density at radius 2 is 1.95 bits per heavy atom. The summed E-state index contributed by atoms with van der Waals surface area (Å²) in [7, 11) is 0. The minimum Gasteiger partial charge on any atom is -0.396 e. The van der Waals surface area contributed by atoms with E-state index < -0.39 is 0 Å². The number of hydrogen-bond donors (Lipinski definition) is 1. The summed E-state index contributed by atoms with van der Waals surface area (Å²) in [6, 6.07) is 9.25. The van der Waals surface area contributed by atoms with Crippen molar-refractivity contribution in [2.75, 3.05) is 39.5 Å². The largest absolute Gasteiger partial charge is 0.396 e. The van der Waals surface area contributed by atoms with E-state index in [1.54, 1.807) is 17.1 Å². The van der Waals surface area contributed by atoms with E-state index in [-0.39, 0.29) is 12.8 Å². The van der Waals surface area contributed by atoms with E-state index in [1.807, 2.05) is 16.9 Å². The fraction of sp³-hybridized carbons (Fsp3) is 0.533. The molecule has 10 heteroatoms. The van der Waals surface area contributed by atoms with Gasteiger partial charge < -0.3 is 14.6 Å². The van der Waals surface area contributed by atoms with Crippen LogP contribution in [0.15, 0.2) is 42.9 Å². The fourth-order valence-electron chi connectivity index (χ4n) is 6.46. The highest BCUT2D eigenvalue weighted by atomic mass is 16.5. The van der Waals surface area contributed by atoms with Crippen molar-refractivity contribution in [3.05, 3.63) is 54.0 Å². The third kappa shape index (κ3) is 5.05. The van der Waals surface area contributed by atoms with Crippen LogP contribution in [-0.2, 0) is 15.9 Å². The first kappa shape index (κ1) is 25.8. The summed E-state index contributed by atoms with van der Waals surface area (Å²) < 4.78 is 15.6. The van der Waals surface area contributed by atoms with Gasteiger partial charge in [0.15, 0.2) is 17.9 Å². The van der Waals surface area contributed by atoms with Gasteiger partial charge in [-0.3, -0.25) is 4.90 Å². The average Bonchev–Trinajstić information content (AvgIpc) is 3.79. The Morgan fingerprint density at radius 1 is 1.02 bits per heavy atom. The van der Waals surface area contributed by atoms with E-state index in [9.17, 15) is 5.11 Å². The number of aliphatic hydroxyl groups is 1. The highest BCUT2D eigenvalue weighted by Gasteiger charge is 2.29. The molecular weight excluding hydrogens is 506 g/mol. The molecule has 1 N–H and O–H groups in total. The molecule has 6 heterocycles. The fourth-order valence-corrected chi connectivity index (χ4v) is 6.46. The van der Waals surface area contributed by atoms with Crippen molar-refractivity contribution in [1.29, 1.82) is 0 Å². The van der Waals surface area contributed by atoms with E-state index >= 15 is 0 Å². The van der Waals surface area contributed by atoms with Gasteiger partial charge in [0.2, 0.25) is 0 Å². The zero-order chi connectivity index (χ0) is 26.9. The van der Waals surface area contributed by atoms with E-state index in [2.05, 4.69) is 33.2 Å². The van der Waals surface area contributed by atoms with Crippen LogP contribution < -0.4 is 0 Å². The first-order valence-corrected chi connectivity index (χ1v) is 14.7. The van der Waals surface area contributed by atoms with Gasteiger partial charge >= 0.3 is 0 Å². The topological polar surface area (TPSA) is 103 Å². The van der Waals surface area contributed by atoms with Crippen molar-refractivity contribution in [1.82, 2.24) is 34.4 Å². The van der Waals surface area contributed by atoms with Crippen LogP contribution in [0.3, 0.4) is 0 Å². The summed E-state index contributed by atoms with van der Waals surface area (Å²) in [6.07, 6.45) is 12.5. The predicted octanol–water partition coefficient (Wildman–Crippen LogP) is 3.88. The number of piperidine rings is 1. The standard InChI is InChI=1S/C30H37N7O3/c38-14-9-21-18-32-36(19-21)27-6-11-31-30(33-27)29-25-17-23(22-7-12-35(13-8-22)24-10-16-39-20-24)4-5-26(25)37(34-29)28-3-1-2-15-40-28/h4-6,11,17-19,22,24,28,38H,1-3,7-10,12-16,20H2. The number of fused-ring (bicyclic) bond motifs is 1. The minimum absolute atomic E-state index is 0.0805. The Morgan fingerprint density at radius 3 is 2.75 bits per heavy atom. The Bertz CT molecular complexity index is 1450. The minimum atomic E-state index is -0.0805. The molecule has 4 aromatic rings. The van der Waals surface area contributed by atoms with E-state index in [0.29, 0.717) is 30.0 Å². The Balaban J connectivity index is 1.23. The second-order valence-corrected chi connectivity index (χ2v) is 11.2. The number of benzene rings is 1. The van der Waals surface area contributed by atoms with Gasteiger partial charge in [0.1, 0.15) is 5.69 Å². The Hall–Kier alpha value is -3.18. The maximum atomic E-state index is 9.29. The molecule has 210 valence electrons. The summed E-state index contributed by atoms with van der Waals surface area (Å²) in [4.78, 5) is 12.2. The molecule has 0 bridgehead atoms. The van der Waals surface area contributed by atoms with Gasteiger partial charge in [-0.1, -0.05) is 6.07 Å². The maximum absolute atomic E-state index is 9.29. The molecule has 3 aliphatic heterocycles. The molecule has 0 saturated carbocycles. The summed E-state index contributed by atoms with van der Waals surface area (Å²) in [5.74, 6) is 1.76. The van der Waals surface area contributed by atoms with Gasteiger partial charge in [0.05, 0.1) is 18.3 Å². The van der Waals surface area contributed by atoms with Gasteiger partial charge in [-0.15, -0.1) is 0 Å². The van der Waals surface area contributed by atoms with E-state index in [1.165, 1.54) is 5.56 Å². The third-order valence-electron chi connectivity index (χ3n) is 8.71. The molecular formula is C30H37N7O3. The average molecular weight is 544 g/mol. The maximum Gasteiger partial charge on any atom is 0.182 e. The lowest BCUT2D eigenvalue weighted by Crippen LogP contribution is -2.41. The van der Waals surface area contributed by atoms with Crippen LogP contribution >= 0.6 is 0 Å². The smallest absolute Gasteiger partial charge is 0.182 e. The highest BCUT2D eigenvalue weighted by molar-refractivity contribution is 5.92. The quantitative estimate of drug-likeness (QED) is 0.375. The van der Waals surface area contributed by atoms with E-state index in [0.717, 1.165) is 93.6 Å². The number of hydrogen-bond acceptors (Lipinski definition) is 8. The molecule has 3 aromatic heterocycles. The van der Waals surface area contributed by atoms with E-state index in [4.69, 9.17) is 19.6 Å². The molecule has 3 aliphatic rings. The van der Waals surface area contributed by atoms with Crippen LogP contribution in [0.1, 0.15) is 61.8 Å². The number of aromatic nitrogens is 6. The third-order valence-corrected chi connectivity index (χ3v) is 8.71. The number of rotatable bonds is 7. The zero-order valence-electron chi connectivity index (χ0n) is 22.9. The Labute approximate surface area is 233 Å². The van der Waals surface area contributed by atoms with Crippen LogP contribution in [0.25, 0.3) is 28.2 Å². The molecule has 3 fully saturated rings. The lowest BCUT2D eigenvalue weighted by molar-refractivity contribution is -0.0365. The highest BCUT2D eigenvalue weighted by Crippen LogP contribution is 2.36. The van der Waals surface area contributed by atoms with Crippen molar-refractivity contribution in [3.8, 4) is 17.3 Å². The number of aliphatic hydroxyl groups excluding tert-OH is 1. The molecule has 10 nitrogen and oxygen atoms in total.